The molecule has 0 aliphatic carbocycles. The predicted molar refractivity (Wildman–Crippen MR) is 123 cm³/mol. The van der Waals surface area contributed by atoms with Crippen molar-refractivity contribution in [3.05, 3.63) is 95.6 Å². The summed E-state index contributed by atoms with van der Waals surface area (Å²) in [4.78, 5) is 15.3. The van der Waals surface area contributed by atoms with Gasteiger partial charge in [0.15, 0.2) is 0 Å². The molecule has 1 fully saturated rings. The normalized spacial score (nSPS) is 16.3. The number of amides is 1. The van der Waals surface area contributed by atoms with Gasteiger partial charge in [-0.15, -0.1) is 0 Å². The third-order valence-corrected chi connectivity index (χ3v) is 7.66. The summed E-state index contributed by atoms with van der Waals surface area (Å²) in [6.07, 6.45) is 1.92. The average molecular weight is 435 g/mol. The number of sulfonamides is 1. The second-order valence-electron chi connectivity index (χ2n) is 7.90. The fraction of sp³-hybridized carbons (Fsp3) is 0.240. The van der Waals surface area contributed by atoms with Crippen LogP contribution in [0.2, 0.25) is 0 Å². The SMILES string of the molecule is Cc1ccc(S(=O)(=O)N(C)c2ccc(C(=O)N3CCCC3c3ccccc3)cc2)cc1. The predicted octanol–water partition coefficient (Wildman–Crippen LogP) is 4.80. The Bertz CT molecular complexity index is 1160. The lowest BCUT2D eigenvalue weighted by Crippen LogP contribution is -2.30. The van der Waals surface area contributed by atoms with Crippen molar-refractivity contribution in [3.8, 4) is 0 Å². The van der Waals surface area contributed by atoms with Crippen LogP contribution in [0.3, 0.4) is 0 Å². The number of carbonyl (C=O) groups excluding carboxylic acids is 1. The lowest BCUT2D eigenvalue weighted by Gasteiger charge is -2.25. The number of hydrogen-bond donors (Lipinski definition) is 0. The van der Waals surface area contributed by atoms with Crippen LogP contribution in [0.1, 0.15) is 40.4 Å². The van der Waals surface area contributed by atoms with Crippen LogP contribution in [0.4, 0.5) is 5.69 Å². The maximum atomic E-state index is 13.2. The van der Waals surface area contributed by atoms with Crippen LogP contribution >= 0.6 is 0 Å². The van der Waals surface area contributed by atoms with Crippen molar-refractivity contribution in [1.29, 1.82) is 0 Å². The van der Waals surface area contributed by atoms with Crippen LogP contribution in [0, 0.1) is 6.92 Å². The molecule has 6 heteroatoms. The highest BCUT2D eigenvalue weighted by molar-refractivity contribution is 7.92. The average Bonchev–Trinajstić information content (AvgIpc) is 3.29. The van der Waals surface area contributed by atoms with E-state index in [1.807, 2.05) is 30.0 Å². The molecule has 0 radical (unpaired) electrons. The molecule has 1 aliphatic heterocycles. The number of nitrogens with zero attached hydrogens (tertiary/aromatic N) is 2. The van der Waals surface area contributed by atoms with E-state index in [0.29, 0.717) is 11.3 Å². The molecule has 1 amide bonds. The molecule has 4 rings (SSSR count). The molecular weight excluding hydrogens is 408 g/mol. The van der Waals surface area contributed by atoms with Gasteiger partial charge >= 0.3 is 0 Å². The molecule has 3 aromatic carbocycles. The number of anilines is 1. The second-order valence-corrected chi connectivity index (χ2v) is 9.87. The molecule has 0 spiro atoms. The number of aryl methyl sites for hydroxylation is 1. The molecular formula is C25H26N2O3S. The van der Waals surface area contributed by atoms with Crippen molar-refractivity contribution in [2.75, 3.05) is 17.9 Å². The van der Waals surface area contributed by atoms with E-state index < -0.39 is 10.0 Å². The van der Waals surface area contributed by atoms with E-state index >= 15 is 0 Å². The number of likely N-dealkylation sites (tertiary alicyclic amines) is 1. The Morgan fingerprint density at radius 1 is 0.935 bits per heavy atom. The molecule has 1 unspecified atom stereocenters. The summed E-state index contributed by atoms with van der Waals surface area (Å²) in [6, 6.07) is 23.7. The van der Waals surface area contributed by atoms with Gasteiger partial charge in [0.1, 0.15) is 0 Å². The Morgan fingerprint density at radius 2 is 1.58 bits per heavy atom. The molecule has 1 aliphatic rings. The van der Waals surface area contributed by atoms with E-state index in [4.69, 9.17) is 0 Å². The molecule has 0 bridgehead atoms. The summed E-state index contributed by atoms with van der Waals surface area (Å²) < 4.78 is 27.1. The Morgan fingerprint density at radius 3 is 2.23 bits per heavy atom. The molecule has 1 heterocycles. The van der Waals surface area contributed by atoms with E-state index in [1.165, 1.54) is 11.4 Å². The zero-order valence-electron chi connectivity index (χ0n) is 17.7. The first-order valence-corrected chi connectivity index (χ1v) is 11.8. The van der Waals surface area contributed by atoms with Gasteiger partial charge < -0.3 is 4.90 Å². The van der Waals surface area contributed by atoms with Crippen LogP contribution in [0.5, 0.6) is 0 Å². The maximum absolute atomic E-state index is 13.2. The van der Waals surface area contributed by atoms with Gasteiger partial charge in [0.05, 0.1) is 16.6 Å². The van der Waals surface area contributed by atoms with Gasteiger partial charge in [-0.1, -0.05) is 48.0 Å². The first-order chi connectivity index (χ1) is 14.9. The first kappa shape index (κ1) is 21.1. The lowest BCUT2D eigenvalue weighted by molar-refractivity contribution is 0.0735. The van der Waals surface area contributed by atoms with Crippen molar-refractivity contribution in [2.24, 2.45) is 0 Å². The van der Waals surface area contributed by atoms with E-state index in [1.54, 1.807) is 48.5 Å². The third kappa shape index (κ3) is 4.21. The highest BCUT2D eigenvalue weighted by Gasteiger charge is 2.30. The van der Waals surface area contributed by atoms with Crippen molar-refractivity contribution in [1.82, 2.24) is 4.90 Å². The van der Waals surface area contributed by atoms with Crippen molar-refractivity contribution >= 4 is 21.6 Å². The smallest absolute Gasteiger partial charge is 0.264 e. The molecule has 1 saturated heterocycles. The number of benzene rings is 3. The van der Waals surface area contributed by atoms with Crippen LogP contribution in [0.25, 0.3) is 0 Å². The summed E-state index contributed by atoms with van der Waals surface area (Å²) in [5, 5.41) is 0. The number of carbonyl (C=O) groups is 1. The standard InChI is InChI=1S/C25H26N2O3S/c1-19-10-16-23(17-11-19)31(29,30)26(2)22-14-12-21(13-15-22)25(28)27-18-6-9-24(27)20-7-4-3-5-8-20/h3-5,7-8,10-17,24H,6,9,18H2,1-2H3. The Balaban J connectivity index is 1.54. The third-order valence-electron chi connectivity index (χ3n) is 5.86. The van der Waals surface area contributed by atoms with Gasteiger partial charge in [0, 0.05) is 19.2 Å². The quantitative estimate of drug-likeness (QED) is 0.580. The summed E-state index contributed by atoms with van der Waals surface area (Å²) in [6.45, 7) is 2.64. The van der Waals surface area contributed by atoms with Gasteiger partial charge in [0.2, 0.25) is 0 Å². The summed E-state index contributed by atoms with van der Waals surface area (Å²) >= 11 is 0. The largest absolute Gasteiger partial charge is 0.332 e. The Hall–Kier alpha value is -3.12. The van der Waals surface area contributed by atoms with E-state index in [0.717, 1.165) is 30.5 Å². The molecule has 0 aromatic heterocycles. The summed E-state index contributed by atoms with van der Waals surface area (Å²) in [7, 11) is -2.14. The molecule has 1 atom stereocenters. The minimum Gasteiger partial charge on any atom is -0.332 e. The second kappa shape index (κ2) is 8.55. The van der Waals surface area contributed by atoms with Crippen LogP contribution in [-0.2, 0) is 10.0 Å². The fourth-order valence-corrected chi connectivity index (χ4v) is 5.21. The number of hydrogen-bond acceptors (Lipinski definition) is 3. The van der Waals surface area contributed by atoms with Gasteiger partial charge in [-0.2, -0.15) is 0 Å². The zero-order valence-corrected chi connectivity index (χ0v) is 18.5. The van der Waals surface area contributed by atoms with Crippen molar-refractivity contribution in [2.45, 2.75) is 30.7 Å². The molecule has 160 valence electrons. The minimum absolute atomic E-state index is 0.0260. The van der Waals surface area contributed by atoms with Gasteiger partial charge in [-0.05, 0) is 61.7 Å². The topological polar surface area (TPSA) is 57.7 Å². The van der Waals surface area contributed by atoms with Crippen LogP contribution in [-0.4, -0.2) is 32.8 Å². The molecule has 5 nitrogen and oxygen atoms in total. The highest BCUT2D eigenvalue weighted by Crippen LogP contribution is 2.33. The van der Waals surface area contributed by atoms with Crippen LogP contribution in [0.15, 0.2) is 83.8 Å². The summed E-state index contributed by atoms with van der Waals surface area (Å²) in [5.41, 5.74) is 3.22. The highest BCUT2D eigenvalue weighted by atomic mass is 32.2. The van der Waals surface area contributed by atoms with Crippen molar-refractivity contribution in [3.63, 3.8) is 0 Å². The van der Waals surface area contributed by atoms with E-state index in [-0.39, 0.29) is 16.8 Å². The molecule has 0 saturated carbocycles. The Labute approximate surface area is 184 Å². The molecule has 31 heavy (non-hydrogen) atoms. The van der Waals surface area contributed by atoms with Gasteiger partial charge in [-0.25, -0.2) is 8.42 Å². The first-order valence-electron chi connectivity index (χ1n) is 10.4. The molecule has 0 N–H and O–H groups in total. The monoisotopic (exact) mass is 434 g/mol. The van der Waals surface area contributed by atoms with Gasteiger partial charge in [-0.3, -0.25) is 9.10 Å². The Kier molecular flexibility index (Phi) is 5.83. The maximum Gasteiger partial charge on any atom is 0.264 e. The fourth-order valence-electron chi connectivity index (χ4n) is 4.02. The van der Waals surface area contributed by atoms with E-state index in [2.05, 4.69) is 12.1 Å². The zero-order chi connectivity index (χ0) is 22.0. The van der Waals surface area contributed by atoms with Crippen LogP contribution < -0.4 is 4.31 Å². The van der Waals surface area contributed by atoms with Crippen molar-refractivity contribution < 1.29 is 13.2 Å². The molecule has 3 aromatic rings. The van der Waals surface area contributed by atoms with Gasteiger partial charge in [0.25, 0.3) is 15.9 Å². The minimum atomic E-state index is -3.66. The summed E-state index contributed by atoms with van der Waals surface area (Å²) in [5.74, 6) is -0.0260. The van der Waals surface area contributed by atoms with E-state index in [9.17, 15) is 13.2 Å². The lowest BCUT2D eigenvalue weighted by atomic mass is 10.0. The number of rotatable bonds is 5.